The molecule has 1 saturated heterocycles. The number of anilines is 1. The van der Waals surface area contributed by atoms with E-state index in [-0.39, 0.29) is 0 Å². The van der Waals surface area contributed by atoms with Gasteiger partial charge in [-0.3, -0.25) is 4.90 Å². The first-order valence-electron chi connectivity index (χ1n) is 8.09. The Balaban J connectivity index is 2.05. The third-order valence-electron chi connectivity index (χ3n) is 3.82. The van der Waals surface area contributed by atoms with Crippen LogP contribution in [-0.4, -0.2) is 47.7 Å². The van der Waals surface area contributed by atoms with Gasteiger partial charge in [-0.15, -0.1) is 0 Å². The van der Waals surface area contributed by atoms with E-state index in [0.717, 1.165) is 36.2 Å². The van der Waals surface area contributed by atoms with E-state index < -0.39 is 0 Å². The molecule has 5 heteroatoms. The maximum atomic E-state index is 5.94. The van der Waals surface area contributed by atoms with Gasteiger partial charge in [0, 0.05) is 19.0 Å². The summed E-state index contributed by atoms with van der Waals surface area (Å²) >= 11 is 0. The van der Waals surface area contributed by atoms with Gasteiger partial charge >= 0.3 is 0 Å². The van der Waals surface area contributed by atoms with Gasteiger partial charge in [-0.1, -0.05) is 13.8 Å². The van der Waals surface area contributed by atoms with Gasteiger partial charge in [0.1, 0.15) is 18.2 Å². The number of hydrogen-bond donors (Lipinski definition) is 1. The van der Waals surface area contributed by atoms with Crippen molar-refractivity contribution in [1.29, 1.82) is 0 Å². The average molecular weight is 292 g/mol. The largest absolute Gasteiger partial charge is 0.476 e. The van der Waals surface area contributed by atoms with Gasteiger partial charge in [-0.25, -0.2) is 4.98 Å². The Morgan fingerprint density at radius 1 is 1.24 bits per heavy atom. The molecular weight excluding hydrogens is 264 g/mol. The van der Waals surface area contributed by atoms with E-state index in [9.17, 15) is 0 Å². The first-order valence-corrected chi connectivity index (χ1v) is 8.09. The van der Waals surface area contributed by atoms with Crippen molar-refractivity contribution in [1.82, 2.24) is 14.9 Å². The molecular formula is C16H28N4O. The minimum Gasteiger partial charge on any atom is -0.476 e. The highest BCUT2D eigenvalue weighted by Gasteiger charge is 2.15. The maximum Gasteiger partial charge on any atom is 0.221 e. The zero-order chi connectivity index (χ0) is 15.2. The number of nitrogens with one attached hydrogen (secondary N) is 1. The summed E-state index contributed by atoms with van der Waals surface area (Å²) in [7, 11) is 0. The summed E-state index contributed by atoms with van der Waals surface area (Å²) in [6.45, 7) is 13.2. The van der Waals surface area contributed by atoms with Crippen molar-refractivity contribution < 1.29 is 4.74 Å². The average Bonchev–Trinajstić information content (AvgIpc) is 2.96. The molecule has 1 aliphatic rings. The Kier molecular flexibility index (Phi) is 5.79. The fourth-order valence-electron chi connectivity index (χ4n) is 2.53. The maximum absolute atomic E-state index is 5.94. The van der Waals surface area contributed by atoms with E-state index in [0.29, 0.717) is 12.5 Å². The van der Waals surface area contributed by atoms with Crippen molar-refractivity contribution in [3.8, 4) is 5.88 Å². The first-order chi connectivity index (χ1) is 10.1. The summed E-state index contributed by atoms with van der Waals surface area (Å²) in [5.41, 5.74) is 1.00. The third kappa shape index (κ3) is 4.30. The number of nitrogens with zero attached hydrogens (tertiary/aromatic N) is 3. The molecule has 0 unspecified atom stereocenters. The summed E-state index contributed by atoms with van der Waals surface area (Å²) in [4.78, 5) is 11.6. The van der Waals surface area contributed by atoms with Crippen LogP contribution in [0.25, 0.3) is 0 Å². The summed E-state index contributed by atoms with van der Waals surface area (Å²) < 4.78 is 5.94. The Morgan fingerprint density at radius 3 is 2.57 bits per heavy atom. The lowest BCUT2D eigenvalue weighted by Crippen LogP contribution is -2.25. The monoisotopic (exact) mass is 292 g/mol. The van der Waals surface area contributed by atoms with E-state index in [2.05, 4.69) is 41.0 Å². The van der Waals surface area contributed by atoms with E-state index in [1.165, 1.54) is 25.9 Å². The molecule has 0 saturated carbocycles. The molecule has 5 nitrogen and oxygen atoms in total. The van der Waals surface area contributed by atoms with Crippen molar-refractivity contribution in [2.45, 2.75) is 46.5 Å². The minimum atomic E-state index is 0.295. The zero-order valence-electron chi connectivity index (χ0n) is 13.8. The van der Waals surface area contributed by atoms with Crippen LogP contribution in [0.5, 0.6) is 5.88 Å². The van der Waals surface area contributed by atoms with E-state index in [4.69, 9.17) is 4.74 Å². The Hall–Kier alpha value is -1.36. The van der Waals surface area contributed by atoms with Gasteiger partial charge in [0.2, 0.25) is 5.88 Å². The predicted octanol–water partition coefficient (Wildman–Crippen LogP) is 2.81. The molecule has 2 rings (SSSR count). The second kappa shape index (κ2) is 7.59. The Bertz CT molecular complexity index is 456. The standard InChI is InChI=1S/C16H28N4O/c1-5-17-15-13(4)16(19-14(18-15)12(2)3)21-11-10-20-8-6-7-9-20/h12H,5-11H2,1-4H3,(H,17,18,19). The highest BCUT2D eigenvalue weighted by Crippen LogP contribution is 2.24. The third-order valence-corrected chi connectivity index (χ3v) is 3.82. The van der Waals surface area contributed by atoms with Crippen LogP contribution in [-0.2, 0) is 0 Å². The highest BCUT2D eigenvalue weighted by molar-refractivity contribution is 5.48. The lowest BCUT2D eigenvalue weighted by molar-refractivity contribution is 0.230. The lowest BCUT2D eigenvalue weighted by atomic mass is 10.2. The van der Waals surface area contributed by atoms with Crippen molar-refractivity contribution in [3.63, 3.8) is 0 Å². The van der Waals surface area contributed by atoms with E-state index in [1.54, 1.807) is 0 Å². The summed E-state index contributed by atoms with van der Waals surface area (Å²) in [5.74, 6) is 2.76. The second-order valence-electron chi connectivity index (χ2n) is 5.94. The number of ether oxygens (including phenoxy) is 1. The van der Waals surface area contributed by atoms with Gasteiger partial charge in [0.15, 0.2) is 0 Å². The fraction of sp³-hybridized carbons (Fsp3) is 0.750. The lowest BCUT2D eigenvalue weighted by Gasteiger charge is -2.17. The first kappa shape index (κ1) is 16.0. The Morgan fingerprint density at radius 2 is 1.95 bits per heavy atom. The smallest absolute Gasteiger partial charge is 0.221 e. The van der Waals surface area contributed by atoms with Crippen LogP contribution in [0.3, 0.4) is 0 Å². The number of likely N-dealkylation sites (tertiary alicyclic amines) is 1. The van der Waals surface area contributed by atoms with Gasteiger partial charge in [0.25, 0.3) is 0 Å². The van der Waals surface area contributed by atoms with Crippen LogP contribution >= 0.6 is 0 Å². The predicted molar refractivity (Wildman–Crippen MR) is 86.2 cm³/mol. The molecule has 2 heterocycles. The van der Waals surface area contributed by atoms with Gasteiger partial charge in [-0.2, -0.15) is 4.98 Å². The van der Waals surface area contributed by atoms with E-state index in [1.807, 2.05) is 6.92 Å². The molecule has 1 aromatic rings. The van der Waals surface area contributed by atoms with Gasteiger partial charge in [0.05, 0.1) is 5.56 Å². The molecule has 0 amide bonds. The molecule has 0 bridgehead atoms. The topological polar surface area (TPSA) is 50.3 Å². The molecule has 0 aliphatic carbocycles. The zero-order valence-corrected chi connectivity index (χ0v) is 13.8. The van der Waals surface area contributed by atoms with Crippen LogP contribution in [0.4, 0.5) is 5.82 Å². The van der Waals surface area contributed by atoms with E-state index >= 15 is 0 Å². The highest BCUT2D eigenvalue weighted by atomic mass is 16.5. The normalized spacial score (nSPS) is 15.7. The summed E-state index contributed by atoms with van der Waals surface area (Å²) in [6, 6.07) is 0. The summed E-state index contributed by atoms with van der Waals surface area (Å²) in [6.07, 6.45) is 2.63. The molecule has 0 radical (unpaired) electrons. The van der Waals surface area contributed by atoms with Crippen LogP contribution in [0, 0.1) is 6.92 Å². The molecule has 0 atom stereocenters. The minimum absolute atomic E-state index is 0.295. The quantitative estimate of drug-likeness (QED) is 0.837. The molecule has 21 heavy (non-hydrogen) atoms. The molecule has 1 fully saturated rings. The molecule has 1 aliphatic heterocycles. The van der Waals surface area contributed by atoms with Crippen LogP contribution < -0.4 is 10.1 Å². The Labute approximate surface area is 128 Å². The van der Waals surface area contributed by atoms with Gasteiger partial charge in [-0.05, 0) is 39.8 Å². The van der Waals surface area contributed by atoms with Crippen molar-refractivity contribution in [2.24, 2.45) is 0 Å². The van der Waals surface area contributed by atoms with Crippen LogP contribution in [0.1, 0.15) is 50.9 Å². The van der Waals surface area contributed by atoms with Crippen LogP contribution in [0.2, 0.25) is 0 Å². The molecule has 0 aromatic carbocycles. The number of hydrogen-bond acceptors (Lipinski definition) is 5. The fourth-order valence-corrected chi connectivity index (χ4v) is 2.53. The van der Waals surface area contributed by atoms with Crippen molar-refractivity contribution >= 4 is 5.82 Å². The van der Waals surface area contributed by atoms with Crippen molar-refractivity contribution in [3.05, 3.63) is 11.4 Å². The molecule has 1 aromatic heterocycles. The SMILES string of the molecule is CCNc1nc(C(C)C)nc(OCCN2CCCC2)c1C. The van der Waals surface area contributed by atoms with Crippen molar-refractivity contribution in [2.75, 3.05) is 38.1 Å². The number of aromatic nitrogens is 2. The second-order valence-corrected chi connectivity index (χ2v) is 5.94. The van der Waals surface area contributed by atoms with Crippen LogP contribution in [0.15, 0.2) is 0 Å². The van der Waals surface area contributed by atoms with Gasteiger partial charge < -0.3 is 10.1 Å². The molecule has 118 valence electrons. The molecule has 1 N–H and O–H groups in total. The number of rotatable bonds is 7. The molecule has 0 spiro atoms. The summed E-state index contributed by atoms with van der Waals surface area (Å²) in [5, 5.41) is 3.30.